The van der Waals surface area contributed by atoms with Crippen molar-refractivity contribution in [3.63, 3.8) is 0 Å². The van der Waals surface area contributed by atoms with Crippen LogP contribution in [0.1, 0.15) is 31.9 Å². The van der Waals surface area contributed by atoms with Gasteiger partial charge >= 0.3 is 0 Å². The summed E-state index contributed by atoms with van der Waals surface area (Å²) in [5.41, 5.74) is 1.72. The van der Waals surface area contributed by atoms with E-state index in [1.165, 1.54) is 23.5 Å². The lowest BCUT2D eigenvalue weighted by Gasteiger charge is -2.02. The second-order valence-electron chi connectivity index (χ2n) is 4.86. The van der Waals surface area contributed by atoms with Gasteiger partial charge in [0.2, 0.25) is 5.91 Å². The summed E-state index contributed by atoms with van der Waals surface area (Å²) in [5, 5.41) is 5.65. The molecular formula is C16H19FN2OS. The van der Waals surface area contributed by atoms with E-state index >= 15 is 0 Å². The summed E-state index contributed by atoms with van der Waals surface area (Å²) >= 11 is 1.49. The first kappa shape index (κ1) is 15.6. The Morgan fingerprint density at radius 2 is 2.29 bits per heavy atom. The molecule has 0 fully saturated rings. The molecule has 5 heteroatoms. The fraction of sp³-hybridized carbons (Fsp3) is 0.375. The lowest BCUT2D eigenvalue weighted by atomic mass is 10.2. The van der Waals surface area contributed by atoms with Crippen molar-refractivity contribution in [3.8, 4) is 10.6 Å². The first-order chi connectivity index (χ1) is 10.2. The van der Waals surface area contributed by atoms with Gasteiger partial charge in [0.15, 0.2) is 0 Å². The minimum Gasteiger partial charge on any atom is -0.356 e. The van der Waals surface area contributed by atoms with E-state index < -0.39 is 0 Å². The summed E-state index contributed by atoms with van der Waals surface area (Å²) in [7, 11) is 0. The third-order valence-electron chi connectivity index (χ3n) is 3.08. The number of aromatic nitrogens is 1. The molecule has 3 nitrogen and oxygen atoms in total. The average Bonchev–Trinajstić information content (AvgIpc) is 2.94. The van der Waals surface area contributed by atoms with E-state index in [1.807, 2.05) is 11.4 Å². The zero-order valence-electron chi connectivity index (χ0n) is 12.1. The molecule has 1 heterocycles. The minimum absolute atomic E-state index is 0.0948. The molecular weight excluding hydrogens is 287 g/mol. The molecule has 21 heavy (non-hydrogen) atoms. The van der Waals surface area contributed by atoms with Gasteiger partial charge in [0.1, 0.15) is 10.8 Å². The molecule has 1 aromatic carbocycles. The molecule has 1 N–H and O–H groups in total. The van der Waals surface area contributed by atoms with Crippen LogP contribution in [0.5, 0.6) is 0 Å². The fourth-order valence-corrected chi connectivity index (χ4v) is 2.78. The van der Waals surface area contributed by atoms with Gasteiger partial charge in [-0.15, -0.1) is 11.3 Å². The smallest absolute Gasteiger partial charge is 0.220 e. The molecule has 0 unspecified atom stereocenters. The standard InChI is InChI=1S/C16H19FN2OS/c1-2-3-7-15(20)18-9-8-14-11-21-16(19-14)12-5-4-6-13(17)10-12/h4-6,10-11H,2-3,7-9H2,1H3,(H,18,20). The maximum Gasteiger partial charge on any atom is 0.220 e. The summed E-state index contributed by atoms with van der Waals surface area (Å²) in [6, 6.07) is 6.43. The summed E-state index contributed by atoms with van der Waals surface area (Å²) < 4.78 is 13.2. The van der Waals surface area contributed by atoms with Crippen molar-refractivity contribution in [3.05, 3.63) is 41.2 Å². The molecule has 0 radical (unpaired) electrons. The first-order valence-corrected chi connectivity index (χ1v) is 8.04. The zero-order chi connectivity index (χ0) is 15.1. The van der Waals surface area contributed by atoms with Gasteiger partial charge in [0.05, 0.1) is 5.69 Å². The molecule has 112 valence electrons. The van der Waals surface area contributed by atoms with Crippen LogP contribution >= 0.6 is 11.3 Å². The number of rotatable bonds is 7. The van der Waals surface area contributed by atoms with Gasteiger partial charge in [-0.05, 0) is 18.6 Å². The maximum absolute atomic E-state index is 13.2. The van der Waals surface area contributed by atoms with Crippen LogP contribution in [0.25, 0.3) is 10.6 Å². The van der Waals surface area contributed by atoms with Crippen LogP contribution in [0.2, 0.25) is 0 Å². The van der Waals surface area contributed by atoms with E-state index in [4.69, 9.17) is 0 Å². The van der Waals surface area contributed by atoms with Gasteiger partial charge in [-0.2, -0.15) is 0 Å². The summed E-state index contributed by atoms with van der Waals surface area (Å²) in [6.45, 7) is 2.66. The number of carbonyl (C=O) groups excluding carboxylic acids is 1. The van der Waals surface area contributed by atoms with E-state index in [0.29, 0.717) is 19.4 Å². The summed E-state index contributed by atoms with van der Waals surface area (Å²) in [6.07, 6.45) is 3.23. The SMILES string of the molecule is CCCCC(=O)NCCc1csc(-c2cccc(F)c2)n1. The molecule has 1 amide bonds. The number of amides is 1. The van der Waals surface area contributed by atoms with Crippen LogP contribution in [-0.2, 0) is 11.2 Å². The van der Waals surface area contributed by atoms with E-state index in [9.17, 15) is 9.18 Å². The Kier molecular flexibility index (Phi) is 5.87. The van der Waals surface area contributed by atoms with Gasteiger partial charge in [-0.25, -0.2) is 9.37 Å². The Labute approximate surface area is 128 Å². The lowest BCUT2D eigenvalue weighted by molar-refractivity contribution is -0.121. The van der Waals surface area contributed by atoms with Crippen LogP contribution in [0, 0.1) is 5.82 Å². The van der Waals surface area contributed by atoms with Gasteiger partial charge in [0.25, 0.3) is 0 Å². The lowest BCUT2D eigenvalue weighted by Crippen LogP contribution is -2.25. The third kappa shape index (κ3) is 4.93. The monoisotopic (exact) mass is 306 g/mol. The highest BCUT2D eigenvalue weighted by atomic mass is 32.1. The van der Waals surface area contributed by atoms with Gasteiger partial charge in [0, 0.05) is 30.3 Å². The number of thiazole rings is 1. The van der Waals surface area contributed by atoms with E-state index in [-0.39, 0.29) is 11.7 Å². The number of hydrogen-bond acceptors (Lipinski definition) is 3. The highest BCUT2D eigenvalue weighted by Crippen LogP contribution is 2.24. The molecule has 1 aromatic heterocycles. The predicted molar refractivity (Wildman–Crippen MR) is 83.7 cm³/mol. The largest absolute Gasteiger partial charge is 0.356 e. The number of hydrogen-bond donors (Lipinski definition) is 1. The quantitative estimate of drug-likeness (QED) is 0.845. The minimum atomic E-state index is -0.257. The predicted octanol–water partition coefficient (Wildman–Crippen LogP) is 3.80. The Morgan fingerprint density at radius 3 is 3.05 bits per heavy atom. The molecule has 0 saturated carbocycles. The molecule has 2 aromatic rings. The van der Waals surface area contributed by atoms with Crippen LogP contribution in [-0.4, -0.2) is 17.4 Å². The van der Waals surface area contributed by atoms with E-state index in [1.54, 1.807) is 6.07 Å². The molecule has 0 aliphatic carbocycles. The summed E-state index contributed by atoms with van der Waals surface area (Å²) in [5.74, 6) is -0.162. The van der Waals surface area contributed by atoms with Crippen LogP contribution < -0.4 is 5.32 Å². The Hall–Kier alpha value is -1.75. The van der Waals surface area contributed by atoms with Crippen LogP contribution in [0.15, 0.2) is 29.6 Å². The van der Waals surface area contributed by atoms with Crippen molar-refractivity contribution in [2.75, 3.05) is 6.54 Å². The van der Waals surface area contributed by atoms with E-state index in [2.05, 4.69) is 17.2 Å². The fourth-order valence-electron chi connectivity index (χ4n) is 1.93. The zero-order valence-corrected chi connectivity index (χ0v) is 12.9. The normalized spacial score (nSPS) is 10.6. The molecule has 0 aliphatic heterocycles. The maximum atomic E-state index is 13.2. The Bertz CT molecular complexity index is 597. The van der Waals surface area contributed by atoms with E-state index in [0.717, 1.165) is 29.1 Å². The number of nitrogens with one attached hydrogen (secondary N) is 1. The van der Waals surface area contributed by atoms with Crippen molar-refractivity contribution >= 4 is 17.2 Å². The number of benzene rings is 1. The van der Waals surface area contributed by atoms with Crippen molar-refractivity contribution in [1.82, 2.24) is 10.3 Å². The average molecular weight is 306 g/mol. The number of nitrogens with zero attached hydrogens (tertiary/aromatic N) is 1. The topological polar surface area (TPSA) is 42.0 Å². The second-order valence-corrected chi connectivity index (χ2v) is 5.72. The molecule has 0 saturated heterocycles. The molecule has 0 spiro atoms. The van der Waals surface area contributed by atoms with Gasteiger partial charge < -0.3 is 5.32 Å². The number of unbranched alkanes of at least 4 members (excludes halogenated alkanes) is 1. The molecule has 2 rings (SSSR count). The van der Waals surface area contributed by atoms with Crippen LogP contribution in [0.4, 0.5) is 4.39 Å². The van der Waals surface area contributed by atoms with Gasteiger partial charge in [-0.3, -0.25) is 4.79 Å². The molecule has 0 atom stereocenters. The van der Waals surface area contributed by atoms with Gasteiger partial charge in [-0.1, -0.05) is 25.5 Å². The van der Waals surface area contributed by atoms with Crippen molar-refractivity contribution in [1.29, 1.82) is 0 Å². The second kappa shape index (κ2) is 7.88. The highest BCUT2D eigenvalue weighted by Gasteiger charge is 2.06. The van der Waals surface area contributed by atoms with Crippen molar-refractivity contribution in [2.45, 2.75) is 32.6 Å². The molecule has 0 bridgehead atoms. The van der Waals surface area contributed by atoms with Crippen molar-refractivity contribution < 1.29 is 9.18 Å². The summed E-state index contributed by atoms with van der Waals surface area (Å²) in [4.78, 5) is 16.0. The Morgan fingerprint density at radius 1 is 1.43 bits per heavy atom. The third-order valence-corrected chi connectivity index (χ3v) is 4.02. The highest BCUT2D eigenvalue weighted by molar-refractivity contribution is 7.13. The first-order valence-electron chi connectivity index (χ1n) is 7.16. The Balaban J connectivity index is 1.85. The number of carbonyl (C=O) groups is 1. The van der Waals surface area contributed by atoms with Crippen molar-refractivity contribution in [2.24, 2.45) is 0 Å². The molecule has 0 aliphatic rings. The number of halogens is 1. The van der Waals surface area contributed by atoms with Crippen LogP contribution in [0.3, 0.4) is 0 Å².